The highest BCUT2D eigenvalue weighted by Crippen LogP contribution is 2.05. The van der Waals surface area contributed by atoms with Crippen LogP contribution in [0.2, 0.25) is 0 Å². The summed E-state index contributed by atoms with van der Waals surface area (Å²) in [5.74, 6) is 0.508. The van der Waals surface area contributed by atoms with E-state index in [0.29, 0.717) is 25.0 Å². The van der Waals surface area contributed by atoms with E-state index in [1.54, 1.807) is 11.0 Å². The molecule has 0 aliphatic rings. The predicted octanol–water partition coefficient (Wildman–Crippen LogP) is 1.34. The van der Waals surface area contributed by atoms with Crippen molar-refractivity contribution in [2.45, 2.75) is 26.4 Å². The second-order valence-electron chi connectivity index (χ2n) is 4.93. The van der Waals surface area contributed by atoms with Gasteiger partial charge in [-0.2, -0.15) is 15.0 Å². The summed E-state index contributed by atoms with van der Waals surface area (Å²) in [6.07, 6.45) is 1.79. The molecule has 19 heavy (non-hydrogen) atoms. The summed E-state index contributed by atoms with van der Waals surface area (Å²) in [6.45, 7) is 5.63. The first-order valence-electron chi connectivity index (χ1n) is 6.61. The summed E-state index contributed by atoms with van der Waals surface area (Å²) >= 11 is 0. The van der Waals surface area contributed by atoms with Crippen LogP contribution in [0.4, 0.5) is 0 Å². The first-order chi connectivity index (χ1) is 9.20. The van der Waals surface area contributed by atoms with Crippen molar-refractivity contribution >= 4 is 0 Å². The SMILES string of the molecule is CC(C)C(CN)NCc1cnn(-c2ccccc2)n1. The minimum atomic E-state index is 0.307. The summed E-state index contributed by atoms with van der Waals surface area (Å²) in [7, 11) is 0. The van der Waals surface area contributed by atoms with Crippen molar-refractivity contribution in [1.29, 1.82) is 0 Å². The van der Waals surface area contributed by atoms with Crippen LogP contribution in [0.25, 0.3) is 5.69 Å². The van der Waals surface area contributed by atoms with Gasteiger partial charge in [0.05, 0.1) is 17.6 Å². The van der Waals surface area contributed by atoms with E-state index in [0.717, 1.165) is 11.4 Å². The molecule has 0 radical (unpaired) electrons. The molecular weight excluding hydrogens is 238 g/mol. The van der Waals surface area contributed by atoms with Crippen molar-refractivity contribution < 1.29 is 0 Å². The topological polar surface area (TPSA) is 68.8 Å². The molecule has 1 heterocycles. The zero-order chi connectivity index (χ0) is 13.7. The molecule has 5 nitrogen and oxygen atoms in total. The van der Waals surface area contributed by atoms with Gasteiger partial charge in [-0.05, 0) is 18.1 Å². The van der Waals surface area contributed by atoms with Gasteiger partial charge >= 0.3 is 0 Å². The van der Waals surface area contributed by atoms with E-state index in [1.165, 1.54) is 0 Å². The first kappa shape index (κ1) is 13.7. The van der Waals surface area contributed by atoms with Gasteiger partial charge in [-0.3, -0.25) is 0 Å². The predicted molar refractivity (Wildman–Crippen MR) is 75.9 cm³/mol. The summed E-state index contributed by atoms with van der Waals surface area (Å²) in [5.41, 5.74) is 7.62. The highest BCUT2D eigenvalue weighted by molar-refractivity contribution is 5.28. The van der Waals surface area contributed by atoms with Gasteiger partial charge in [0.2, 0.25) is 0 Å². The second-order valence-corrected chi connectivity index (χ2v) is 4.93. The van der Waals surface area contributed by atoms with Gasteiger partial charge in [0, 0.05) is 19.1 Å². The minimum absolute atomic E-state index is 0.307. The van der Waals surface area contributed by atoms with E-state index >= 15 is 0 Å². The maximum absolute atomic E-state index is 5.73. The van der Waals surface area contributed by atoms with E-state index in [9.17, 15) is 0 Å². The molecule has 1 unspecified atom stereocenters. The van der Waals surface area contributed by atoms with E-state index < -0.39 is 0 Å². The largest absolute Gasteiger partial charge is 0.329 e. The highest BCUT2D eigenvalue weighted by atomic mass is 15.5. The quantitative estimate of drug-likeness (QED) is 0.821. The van der Waals surface area contributed by atoms with Gasteiger partial charge in [-0.25, -0.2) is 0 Å². The Morgan fingerprint density at radius 1 is 1.26 bits per heavy atom. The Bertz CT molecular complexity index is 492. The summed E-state index contributed by atoms with van der Waals surface area (Å²) in [5, 5.41) is 12.1. The molecule has 0 saturated heterocycles. The van der Waals surface area contributed by atoms with Gasteiger partial charge in [-0.1, -0.05) is 32.0 Å². The average Bonchev–Trinajstić information content (AvgIpc) is 2.89. The van der Waals surface area contributed by atoms with Crippen molar-refractivity contribution in [3.05, 3.63) is 42.2 Å². The molecule has 1 atom stereocenters. The Hall–Kier alpha value is -1.72. The fourth-order valence-corrected chi connectivity index (χ4v) is 1.89. The number of para-hydroxylation sites is 1. The van der Waals surface area contributed by atoms with Gasteiger partial charge in [0.25, 0.3) is 0 Å². The molecule has 0 fully saturated rings. The van der Waals surface area contributed by atoms with Crippen molar-refractivity contribution in [3.8, 4) is 5.69 Å². The molecule has 1 aromatic carbocycles. The van der Waals surface area contributed by atoms with Crippen molar-refractivity contribution in [2.75, 3.05) is 6.54 Å². The van der Waals surface area contributed by atoms with Crippen LogP contribution in [-0.4, -0.2) is 27.6 Å². The Morgan fingerprint density at radius 3 is 2.63 bits per heavy atom. The molecule has 0 aliphatic heterocycles. The number of hydrogen-bond donors (Lipinski definition) is 2. The molecule has 1 aromatic heterocycles. The zero-order valence-electron chi connectivity index (χ0n) is 11.5. The second kappa shape index (κ2) is 6.45. The van der Waals surface area contributed by atoms with Gasteiger partial charge < -0.3 is 11.1 Å². The number of nitrogens with two attached hydrogens (primary N) is 1. The summed E-state index contributed by atoms with van der Waals surface area (Å²) in [6, 6.07) is 10.2. The molecule has 0 amide bonds. The molecule has 0 spiro atoms. The Balaban J connectivity index is 1.98. The average molecular weight is 259 g/mol. The van der Waals surface area contributed by atoms with Gasteiger partial charge in [-0.15, -0.1) is 0 Å². The van der Waals surface area contributed by atoms with Crippen LogP contribution < -0.4 is 11.1 Å². The van der Waals surface area contributed by atoms with E-state index in [-0.39, 0.29) is 0 Å². The van der Waals surface area contributed by atoms with Crippen molar-refractivity contribution in [2.24, 2.45) is 11.7 Å². The third kappa shape index (κ3) is 3.62. The highest BCUT2D eigenvalue weighted by Gasteiger charge is 2.11. The monoisotopic (exact) mass is 259 g/mol. The van der Waals surface area contributed by atoms with Gasteiger partial charge in [0.1, 0.15) is 0 Å². The zero-order valence-corrected chi connectivity index (χ0v) is 11.5. The number of nitrogens with one attached hydrogen (secondary N) is 1. The number of nitrogens with zero attached hydrogens (tertiary/aromatic N) is 3. The maximum Gasteiger partial charge on any atom is 0.0969 e. The third-order valence-corrected chi connectivity index (χ3v) is 3.13. The smallest absolute Gasteiger partial charge is 0.0969 e. The molecule has 3 N–H and O–H groups in total. The summed E-state index contributed by atoms with van der Waals surface area (Å²) < 4.78 is 0. The molecule has 5 heteroatoms. The van der Waals surface area contributed by atoms with Crippen LogP contribution in [0.3, 0.4) is 0 Å². The van der Waals surface area contributed by atoms with Crippen molar-refractivity contribution in [3.63, 3.8) is 0 Å². The number of hydrogen-bond acceptors (Lipinski definition) is 4. The normalized spacial score (nSPS) is 12.8. The molecule has 102 valence electrons. The van der Waals surface area contributed by atoms with E-state index in [1.807, 2.05) is 30.3 Å². The van der Waals surface area contributed by atoms with Crippen LogP contribution in [-0.2, 0) is 6.54 Å². The van der Waals surface area contributed by atoms with E-state index in [2.05, 4.69) is 29.4 Å². The van der Waals surface area contributed by atoms with Gasteiger partial charge in [0.15, 0.2) is 0 Å². The minimum Gasteiger partial charge on any atom is -0.329 e. The van der Waals surface area contributed by atoms with E-state index in [4.69, 9.17) is 5.73 Å². The standard InChI is InChI=1S/C14H21N5/c1-11(2)14(8-15)16-9-12-10-17-19(18-12)13-6-4-3-5-7-13/h3-7,10-11,14,16H,8-9,15H2,1-2H3. The molecule has 2 rings (SSSR count). The molecular formula is C14H21N5. The third-order valence-electron chi connectivity index (χ3n) is 3.13. The lowest BCUT2D eigenvalue weighted by Gasteiger charge is -2.19. The fourth-order valence-electron chi connectivity index (χ4n) is 1.89. The number of rotatable bonds is 6. The summed E-state index contributed by atoms with van der Waals surface area (Å²) in [4.78, 5) is 1.64. The van der Waals surface area contributed by atoms with Crippen LogP contribution in [0, 0.1) is 5.92 Å². The lowest BCUT2D eigenvalue weighted by atomic mass is 10.1. The molecule has 2 aromatic rings. The fraction of sp³-hybridized carbons (Fsp3) is 0.429. The van der Waals surface area contributed by atoms with Crippen molar-refractivity contribution in [1.82, 2.24) is 20.3 Å². The first-order valence-corrected chi connectivity index (χ1v) is 6.61. The lowest BCUT2D eigenvalue weighted by molar-refractivity contribution is 0.402. The van der Waals surface area contributed by atoms with Crippen LogP contribution in [0.1, 0.15) is 19.5 Å². The lowest BCUT2D eigenvalue weighted by Crippen LogP contribution is -2.39. The van der Waals surface area contributed by atoms with Crippen LogP contribution in [0.15, 0.2) is 36.5 Å². The number of benzene rings is 1. The van der Waals surface area contributed by atoms with Crippen LogP contribution in [0.5, 0.6) is 0 Å². The maximum atomic E-state index is 5.73. The Morgan fingerprint density at radius 2 is 2.00 bits per heavy atom. The molecule has 0 aliphatic carbocycles. The molecule has 0 bridgehead atoms. The Kier molecular flexibility index (Phi) is 4.65. The van der Waals surface area contributed by atoms with Crippen LogP contribution >= 0.6 is 0 Å². The molecule has 0 saturated carbocycles. The number of aromatic nitrogens is 3. The Labute approximate surface area is 113 Å².